The lowest BCUT2D eigenvalue weighted by atomic mass is 10.2. The largest absolute Gasteiger partial charge is 0.494 e. The van der Waals surface area contributed by atoms with Crippen molar-refractivity contribution in [3.05, 3.63) is 54.1 Å². The fourth-order valence-corrected chi connectivity index (χ4v) is 3.22. The molecule has 0 aliphatic carbocycles. The van der Waals surface area contributed by atoms with E-state index in [1.54, 1.807) is 24.3 Å². The van der Waals surface area contributed by atoms with Crippen molar-refractivity contribution in [2.75, 3.05) is 18.5 Å². The van der Waals surface area contributed by atoms with Crippen LogP contribution < -0.4 is 14.8 Å². The van der Waals surface area contributed by atoms with E-state index in [1.165, 1.54) is 0 Å². The Morgan fingerprint density at radius 1 is 1.00 bits per heavy atom. The van der Waals surface area contributed by atoms with E-state index in [2.05, 4.69) is 22.4 Å². The minimum atomic E-state index is -0.373. The maximum Gasteiger partial charge on any atom is 0.322 e. The molecule has 0 atom stereocenters. The number of nitrogens with one attached hydrogen (secondary N) is 1. The number of hydrogen-bond donors (Lipinski definition) is 1. The molecular formula is C24H25N3O5. The van der Waals surface area contributed by atoms with Gasteiger partial charge in [0, 0.05) is 10.9 Å². The third kappa shape index (κ3) is 4.91. The van der Waals surface area contributed by atoms with Gasteiger partial charge in [-0.2, -0.15) is 0 Å². The Hall–Kier alpha value is -3.81. The number of fused-ring (bicyclic) bond motifs is 1. The van der Waals surface area contributed by atoms with Crippen molar-refractivity contribution in [3.63, 3.8) is 0 Å². The number of aromatic nitrogens is 2. The Labute approximate surface area is 185 Å². The number of benzene rings is 2. The molecule has 8 heteroatoms. The summed E-state index contributed by atoms with van der Waals surface area (Å²) < 4.78 is 22.8. The van der Waals surface area contributed by atoms with Gasteiger partial charge in [0.15, 0.2) is 17.1 Å². The normalized spacial score (nSPS) is 10.9. The summed E-state index contributed by atoms with van der Waals surface area (Å²) in [5.74, 6) is 1.46. The Morgan fingerprint density at radius 2 is 1.88 bits per heavy atom. The molecule has 0 bridgehead atoms. The van der Waals surface area contributed by atoms with Crippen LogP contribution in [0, 0.1) is 0 Å². The standard InChI is InChI=1S/C24H25N3O5/c1-3-5-6-13-30-18-11-7-10-17(14-18)22(28)25-24-27-26-23(32-24)20-15-16-9-8-12-19(29-4-2)21(16)31-20/h7-12,14-15H,3-6,13H2,1-2H3,(H,25,27,28). The first kappa shape index (κ1) is 21.4. The molecule has 0 saturated carbocycles. The van der Waals surface area contributed by atoms with Crippen LogP contribution in [-0.2, 0) is 0 Å². The lowest BCUT2D eigenvalue weighted by Gasteiger charge is -2.07. The van der Waals surface area contributed by atoms with Gasteiger partial charge in [0.05, 0.1) is 13.2 Å². The molecule has 2 heterocycles. The first-order chi connectivity index (χ1) is 15.7. The van der Waals surface area contributed by atoms with Crippen molar-refractivity contribution >= 4 is 22.9 Å². The minimum Gasteiger partial charge on any atom is -0.494 e. The highest BCUT2D eigenvalue weighted by atomic mass is 16.5. The van der Waals surface area contributed by atoms with Gasteiger partial charge in [-0.15, -0.1) is 5.10 Å². The first-order valence-electron chi connectivity index (χ1n) is 10.7. The molecule has 2 aromatic heterocycles. The summed E-state index contributed by atoms with van der Waals surface area (Å²) in [5.41, 5.74) is 1.03. The molecule has 8 nitrogen and oxygen atoms in total. The Kier molecular flexibility index (Phi) is 6.69. The second kappa shape index (κ2) is 10.00. The summed E-state index contributed by atoms with van der Waals surface area (Å²) >= 11 is 0. The van der Waals surface area contributed by atoms with E-state index in [1.807, 2.05) is 31.2 Å². The number of nitrogens with zero attached hydrogens (tertiary/aromatic N) is 2. The van der Waals surface area contributed by atoms with Gasteiger partial charge in [-0.05, 0) is 43.7 Å². The van der Waals surface area contributed by atoms with Gasteiger partial charge in [-0.25, -0.2) is 0 Å². The lowest BCUT2D eigenvalue weighted by molar-refractivity contribution is 0.102. The number of rotatable bonds is 10. The second-order valence-electron chi connectivity index (χ2n) is 7.17. The molecule has 1 amide bonds. The van der Waals surface area contributed by atoms with Crippen LogP contribution in [0.3, 0.4) is 0 Å². The van der Waals surface area contributed by atoms with Crippen LogP contribution in [0.5, 0.6) is 11.5 Å². The number of ether oxygens (including phenoxy) is 2. The maximum absolute atomic E-state index is 12.6. The number of hydrogen-bond acceptors (Lipinski definition) is 7. The SMILES string of the molecule is CCCCCOc1cccc(C(=O)Nc2nnc(-c3cc4cccc(OCC)c4o3)o2)c1. The number of carbonyl (C=O) groups excluding carboxylic acids is 1. The van der Waals surface area contributed by atoms with E-state index in [4.69, 9.17) is 18.3 Å². The molecule has 4 rings (SSSR count). The Balaban J connectivity index is 1.45. The highest BCUT2D eigenvalue weighted by molar-refractivity contribution is 6.03. The van der Waals surface area contributed by atoms with Crippen LogP contribution in [0.1, 0.15) is 43.5 Å². The third-order valence-electron chi connectivity index (χ3n) is 4.78. The predicted octanol–water partition coefficient (Wildman–Crippen LogP) is 5.70. The van der Waals surface area contributed by atoms with Gasteiger partial charge < -0.3 is 18.3 Å². The van der Waals surface area contributed by atoms with E-state index >= 15 is 0 Å². The van der Waals surface area contributed by atoms with E-state index in [0.29, 0.717) is 41.6 Å². The molecule has 0 aliphatic heterocycles. The quantitative estimate of drug-likeness (QED) is 0.319. The molecule has 0 unspecified atom stereocenters. The topological polar surface area (TPSA) is 99.6 Å². The predicted molar refractivity (Wildman–Crippen MR) is 120 cm³/mol. The molecule has 0 radical (unpaired) electrons. The van der Waals surface area contributed by atoms with Crippen molar-refractivity contribution in [1.82, 2.24) is 10.2 Å². The molecule has 166 valence electrons. The smallest absolute Gasteiger partial charge is 0.322 e. The van der Waals surface area contributed by atoms with Crippen LogP contribution in [0.2, 0.25) is 0 Å². The van der Waals surface area contributed by atoms with Gasteiger partial charge in [0.1, 0.15) is 5.75 Å². The second-order valence-corrected chi connectivity index (χ2v) is 7.17. The van der Waals surface area contributed by atoms with E-state index in [0.717, 1.165) is 24.6 Å². The summed E-state index contributed by atoms with van der Waals surface area (Å²) in [6.07, 6.45) is 3.21. The first-order valence-corrected chi connectivity index (χ1v) is 10.7. The van der Waals surface area contributed by atoms with Crippen molar-refractivity contribution in [3.8, 4) is 23.1 Å². The summed E-state index contributed by atoms with van der Waals surface area (Å²) in [5, 5.41) is 11.4. The molecule has 0 fully saturated rings. The molecule has 0 spiro atoms. The average molecular weight is 435 g/mol. The van der Waals surface area contributed by atoms with Crippen molar-refractivity contribution in [2.45, 2.75) is 33.1 Å². The van der Waals surface area contributed by atoms with E-state index in [9.17, 15) is 4.79 Å². The van der Waals surface area contributed by atoms with Crippen LogP contribution in [-0.4, -0.2) is 29.3 Å². The zero-order valence-corrected chi connectivity index (χ0v) is 18.1. The summed E-state index contributed by atoms with van der Waals surface area (Å²) in [6, 6.07) is 14.4. The molecule has 4 aromatic rings. The fraction of sp³-hybridized carbons (Fsp3) is 0.292. The van der Waals surface area contributed by atoms with Gasteiger partial charge >= 0.3 is 6.01 Å². The number of anilines is 1. The van der Waals surface area contributed by atoms with Crippen molar-refractivity contribution in [1.29, 1.82) is 0 Å². The number of amides is 1. The zero-order chi connectivity index (χ0) is 22.3. The number of para-hydroxylation sites is 1. The van der Waals surface area contributed by atoms with Gasteiger partial charge in [-0.3, -0.25) is 10.1 Å². The molecular weight excluding hydrogens is 410 g/mol. The molecule has 2 aromatic carbocycles. The van der Waals surface area contributed by atoms with E-state index < -0.39 is 0 Å². The monoisotopic (exact) mass is 435 g/mol. The highest BCUT2D eigenvalue weighted by Crippen LogP contribution is 2.33. The van der Waals surface area contributed by atoms with Gasteiger partial charge in [-0.1, -0.05) is 43.1 Å². The van der Waals surface area contributed by atoms with Crippen LogP contribution in [0.4, 0.5) is 6.01 Å². The highest BCUT2D eigenvalue weighted by Gasteiger charge is 2.17. The summed E-state index contributed by atoms with van der Waals surface area (Å²) in [4.78, 5) is 12.6. The van der Waals surface area contributed by atoms with Crippen LogP contribution >= 0.6 is 0 Å². The van der Waals surface area contributed by atoms with Gasteiger partial charge in [0.25, 0.3) is 11.8 Å². The van der Waals surface area contributed by atoms with E-state index in [-0.39, 0.29) is 17.8 Å². The number of unbranched alkanes of at least 4 members (excludes halogenated alkanes) is 2. The molecule has 0 saturated heterocycles. The molecule has 1 N–H and O–H groups in total. The Morgan fingerprint density at radius 3 is 2.72 bits per heavy atom. The summed E-state index contributed by atoms with van der Waals surface area (Å²) in [6.45, 7) is 5.19. The lowest BCUT2D eigenvalue weighted by Crippen LogP contribution is -2.12. The third-order valence-corrected chi connectivity index (χ3v) is 4.78. The summed E-state index contributed by atoms with van der Waals surface area (Å²) in [7, 11) is 0. The van der Waals surface area contributed by atoms with Crippen LogP contribution in [0.15, 0.2) is 57.4 Å². The fourth-order valence-electron chi connectivity index (χ4n) is 3.22. The maximum atomic E-state index is 12.6. The van der Waals surface area contributed by atoms with Crippen molar-refractivity contribution < 1.29 is 23.1 Å². The average Bonchev–Trinajstić information content (AvgIpc) is 3.45. The van der Waals surface area contributed by atoms with Crippen molar-refractivity contribution in [2.24, 2.45) is 0 Å². The van der Waals surface area contributed by atoms with Gasteiger partial charge in [0.2, 0.25) is 0 Å². The van der Waals surface area contributed by atoms with Crippen LogP contribution in [0.25, 0.3) is 22.6 Å². The zero-order valence-electron chi connectivity index (χ0n) is 18.1. The number of furan rings is 1. The number of carbonyl (C=O) groups is 1. The molecule has 0 aliphatic rings. The Bertz CT molecular complexity index is 1200. The molecule has 32 heavy (non-hydrogen) atoms. The minimum absolute atomic E-state index is 0.0234.